The van der Waals surface area contributed by atoms with Gasteiger partial charge in [-0.15, -0.1) is 0 Å². The molecule has 6 atom stereocenters. The van der Waals surface area contributed by atoms with Crippen molar-refractivity contribution in [1.29, 1.82) is 0 Å². The van der Waals surface area contributed by atoms with E-state index in [1.54, 1.807) is 62.5 Å². The fourth-order valence-electron chi connectivity index (χ4n) is 3.48. The molecule has 0 aliphatic carbocycles. The van der Waals surface area contributed by atoms with Crippen molar-refractivity contribution in [3.8, 4) is 5.75 Å². The molecule has 12 heteroatoms. The average Bonchev–Trinajstić information content (AvgIpc) is 3.11. The van der Waals surface area contributed by atoms with Crippen molar-refractivity contribution in [2.45, 2.75) is 64.4 Å². The lowest BCUT2D eigenvalue weighted by molar-refractivity contribution is -0.765. The van der Waals surface area contributed by atoms with E-state index in [-0.39, 0.29) is 17.6 Å². The van der Waals surface area contributed by atoms with Gasteiger partial charge < -0.3 is 24.2 Å². The van der Waals surface area contributed by atoms with Crippen LogP contribution in [0.1, 0.15) is 44.3 Å². The first-order valence-electron chi connectivity index (χ1n) is 11.5. The molecule has 0 amide bonds. The predicted octanol–water partition coefficient (Wildman–Crippen LogP) is 1.93. The molecule has 0 saturated carbocycles. The number of hydrogen-bond donors (Lipinski definition) is 3. The van der Waals surface area contributed by atoms with Crippen molar-refractivity contribution < 1.29 is 47.5 Å². The molecular weight excluding hydrogens is 491 g/mol. The van der Waals surface area contributed by atoms with Gasteiger partial charge >= 0.3 is 13.7 Å². The summed E-state index contributed by atoms with van der Waals surface area (Å²) < 4.78 is 37.1. The third-order valence-corrected chi connectivity index (χ3v) is 6.94. The molecule has 1 fully saturated rings. The van der Waals surface area contributed by atoms with Gasteiger partial charge in [-0.25, -0.2) is 4.57 Å². The van der Waals surface area contributed by atoms with E-state index >= 15 is 0 Å². The number of aliphatic hydroxyl groups excluding tert-OH is 2. The lowest BCUT2D eigenvalue weighted by Gasteiger charge is -2.24. The number of aliphatic hydroxyl groups is 2. The number of rotatable bonds is 11. The Bertz CT molecular complexity index is 1100. The molecule has 3 N–H and O–H groups in total. The summed E-state index contributed by atoms with van der Waals surface area (Å²) in [5.74, 6) is -0.604. The Morgan fingerprint density at radius 1 is 1.11 bits per heavy atom. The van der Waals surface area contributed by atoms with Crippen molar-refractivity contribution >= 4 is 19.5 Å². The zero-order chi connectivity index (χ0) is 26.5. The lowest BCUT2D eigenvalue weighted by atomic mass is 10.1. The van der Waals surface area contributed by atoms with Crippen molar-refractivity contribution in [1.82, 2.24) is 5.09 Å². The van der Waals surface area contributed by atoms with Crippen molar-refractivity contribution in [3.05, 3.63) is 60.4 Å². The van der Waals surface area contributed by atoms with E-state index in [0.717, 1.165) is 0 Å². The topological polar surface area (TPSA) is 144 Å². The Morgan fingerprint density at radius 2 is 1.81 bits per heavy atom. The second-order valence-electron chi connectivity index (χ2n) is 8.68. The molecule has 1 saturated heterocycles. The van der Waals surface area contributed by atoms with Crippen LogP contribution in [0.5, 0.6) is 5.75 Å². The first kappa shape index (κ1) is 27.9. The summed E-state index contributed by atoms with van der Waals surface area (Å²) in [7, 11) is -4.18. The molecule has 1 aliphatic rings. The third kappa shape index (κ3) is 7.19. The Balaban J connectivity index is 1.74. The summed E-state index contributed by atoms with van der Waals surface area (Å²) in [6.07, 6.45) is -2.15. The van der Waals surface area contributed by atoms with Crippen LogP contribution in [0.25, 0.3) is 0 Å². The number of carbonyl (C=O) groups is 2. The van der Waals surface area contributed by atoms with Crippen LogP contribution in [0.3, 0.4) is 0 Å². The molecule has 1 aromatic heterocycles. The summed E-state index contributed by atoms with van der Waals surface area (Å²) in [4.78, 5) is 24.0. The predicted molar refractivity (Wildman–Crippen MR) is 127 cm³/mol. The molecule has 196 valence electrons. The second kappa shape index (κ2) is 12.1. The number of pyridine rings is 1. The molecule has 1 aliphatic heterocycles. The second-order valence-corrected chi connectivity index (χ2v) is 10.4. The highest BCUT2D eigenvalue weighted by Gasteiger charge is 2.49. The quantitative estimate of drug-likeness (QED) is 0.173. The number of nitrogens with one attached hydrogen (secondary N) is 1. The number of aromatic nitrogens is 1. The van der Waals surface area contributed by atoms with Gasteiger partial charge in [-0.3, -0.25) is 14.1 Å². The van der Waals surface area contributed by atoms with Crippen molar-refractivity contribution in [2.75, 3.05) is 6.61 Å². The number of Topliss-reactive ketones (excluding diaryl/α,β-unsaturated/α-hetero) is 1. The van der Waals surface area contributed by atoms with Gasteiger partial charge in [-0.05, 0) is 45.9 Å². The number of para-hydroxylation sites is 1. The molecule has 1 aromatic carbocycles. The lowest BCUT2D eigenvalue weighted by Crippen LogP contribution is -2.46. The fourth-order valence-corrected chi connectivity index (χ4v) is 4.98. The van der Waals surface area contributed by atoms with Crippen LogP contribution in [-0.2, 0) is 23.4 Å². The maximum absolute atomic E-state index is 13.6. The number of carbonyl (C=O) groups excluding carboxylic acids is 2. The minimum absolute atomic E-state index is 0.174. The molecule has 36 heavy (non-hydrogen) atoms. The van der Waals surface area contributed by atoms with Gasteiger partial charge in [0, 0.05) is 6.07 Å². The zero-order valence-electron chi connectivity index (χ0n) is 20.5. The normalized spacial score (nSPS) is 24.2. The fraction of sp³-hybridized carbons (Fsp3) is 0.458. The smallest absolute Gasteiger partial charge is 0.459 e. The molecule has 3 rings (SSSR count). The minimum atomic E-state index is -4.18. The highest BCUT2D eigenvalue weighted by atomic mass is 31.2. The van der Waals surface area contributed by atoms with Gasteiger partial charge in [0.1, 0.15) is 24.0 Å². The zero-order valence-corrected chi connectivity index (χ0v) is 21.4. The van der Waals surface area contributed by atoms with Crippen LogP contribution < -0.4 is 14.2 Å². The first-order valence-corrected chi connectivity index (χ1v) is 13.0. The van der Waals surface area contributed by atoms with Gasteiger partial charge in [-0.1, -0.05) is 18.2 Å². The maximum Gasteiger partial charge on any atom is 0.459 e. The molecule has 11 nitrogen and oxygen atoms in total. The monoisotopic (exact) mass is 523 g/mol. The minimum Gasteiger partial charge on any atom is -0.462 e. The Kier molecular flexibility index (Phi) is 9.35. The summed E-state index contributed by atoms with van der Waals surface area (Å²) in [6, 6.07) is 10.4. The SMILES string of the molecule is CC(=O)c1ccc[n+]([C@@H]2O[C@H](CO[P@@](=O)(N[C@@H](C)C(=O)OC(C)C)Oc3ccccc3)[C@H](O)C2O)c1. The molecule has 0 spiro atoms. The molecule has 0 bridgehead atoms. The van der Waals surface area contributed by atoms with Gasteiger partial charge in [-0.2, -0.15) is 9.65 Å². The molecular formula is C24H32N2O9P+. The van der Waals surface area contributed by atoms with Crippen LogP contribution in [0.4, 0.5) is 0 Å². The highest BCUT2D eigenvalue weighted by molar-refractivity contribution is 7.52. The van der Waals surface area contributed by atoms with E-state index < -0.39 is 50.9 Å². The van der Waals surface area contributed by atoms with E-state index in [1.165, 1.54) is 24.6 Å². The van der Waals surface area contributed by atoms with E-state index in [9.17, 15) is 24.4 Å². The number of ketones is 1. The van der Waals surface area contributed by atoms with E-state index in [1.807, 2.05) is 0 Å². The molecule has 0 radical (unpaired) electrons. The van der Waals surface area contributed by atoms with Gasteiger partial charge in [0.25, 0.3) is 6.23 Å². The number of nitrogens with zero attached hydrogens (tertiary/aromatic N) is 1. The van der Waals surface area contributed by atoms with Crippen LogP contribution in [0, 0.1) is 0 Å². The van der Waals surface area contributed by atoms with E-state index in [0.29, 0.717) is 5.56 Å². The maximum atomic E-state index is 13.6. The van der Waals surface area contributed by atoms with Gasteiger partial charge in [0.2, 0.25) is 0 Å². The van der Waals surface area contributed by atoms with Gasteiger partial charge in [0.05, 0.1) is 18.3 Å². The number of esters is 1. The number of ether oxygens (including phenoxy) is 2. The highest BCUT2D eigenvalue weighted by Crippen LogP contribution is 2.45. The third-order valence-electron chi connectivity index (χ3n) is 5.29. The summed E-state index contributed by atoms with van der Waals surface area (Å²) >= 11 is 0. The largest absolute Gasteiger partial charge is 0.462 e. The van der Waals surface area contributed by atoms with Crippen LogP contribution in [0.2, 0.25) is 0 Å². The van der Waals surface area contributed by atoms with Crippen molar-refractivity contribution in [2.24, 2.45) is 0 Å². The first-order chi connectivity index (χ1) is 17.0. The van der Waals surface area contributed by atoms with Crippen LogP contribution >= 0.6 is 7.75 Å². The Labute approximate surface area is 209 Å². The number of benzene rings is 1. The molecule has 1 unspecified atom stereocenters. The van der Waals surface area contributed by atoms with Crippen LogP contribution in [0.15, 0.2) is 54.9 Å². The average molecular weight is 523 g/mol. The van der Waals surface area contributed by atoms with Gasteiger partial charge in [0.15, 0.2) is 24.3 Å². The summed E-state index contributed by atoms with van der Waals surface area (Å²) in [6.45, 7) is 5.79. The van der Waals surface area contributed by atoms with E-state index in [2.05, 4.69) is 5.09 Å². The molecule has 2 heterocycles. The number of hydrogen-bond acceptors (Lipinski definition) is 9. The molecule has 2 aromatic rings. The standard InChI is InChI=1S/C24H32N2O9P/c1-15(2)33-24(30)16(3)25-36(31,35-19-10-6-5-7-11-19)32-14-20-21(28)22(29)23(34-20)26-12-8-9-18(13-26)17(4)27/h5-13,15-16,20-23,28-29H,14H2,1-4H3,(H,25,31)/q+1/t16-,20+,21-,22?,23+,36-/m0/s1. The summed E-state index contributed by atoms with van der Waals surface area (Å²) in [5.41, 5.74) is 0.398. The summed E-state index contributed by atoms with van der Waals surface area (Å²) in [5, 5.41) is 23.7. The van der Waals surface area contributed by atoms with Crippen LogP contribution in [-0.4, -0.2) is 59.0 Å². The Morgan fingerprint density at radius 3 is 2.44 bits per heavy atom. The Hall–Kier alpha value is -2.66. The van der Waals surface area contributed by atoms with Crippen molar-refractivity contribution in [3.63, 3.8) is 0 Å². The van der Waals surface area contributed by atoms with E-state index in [4.69, 9.17) is 18.5 Å².